The lowest BCUT2D eigenvalue weighted by Crippen LogP contribution is -2.33. The highest BCUT2D eigenvalue weighted by atomic mass is 16.8. The molecule has 0 aromatic carbocycles. The molecule has 2 nitrogen and oxygen atoms in total. The van der Waals surface area contributed by atoms with Crippen molar-refractivity contribution in [2.75, 3.05) is 0 Å². The van der Waals surface area contributed by atoms with E-state index in [2.05, 4.69) is 13.8 Å². The van der Waals surface area contributed by atoms with Crippen molar-refractivity contribution >= 4 is 0 Å². The van der Waals surface area contributed by atoms with Gasteiger partial charge in [0.2, 0.25) is 0 Å². The first-order valence-electron chi connectivity index (χ1n) is 4.61. The van der Waals surface area contributed by atoms with Gasteiger partial charge in [-0.1, -0.05) is 6.92 Å². The predicted octanol–water partition coefficient (Wildman–Crippen LogP) is 2.08. The molecule has 64 valence electrons. The molecule has 0 aromatic rings. The second-order valence-corrected chi connectivity index (χ2v) is 3.64. The molecule has 0 aliphatic carbocycles. The molecule has 0 unspecified atom stereocenters. The molecule has 2 saturated heterocycles. The van der Waals surface area contributed by atoms with E-state index in [1.165, 1.54) is 12.8 Å². The highest BCUT2D eigenvalue weighted by Gasteiger charge is 2.46. The lowest BCUT2D eigenvalue weighted by atomic mass is 10.0. The van der Waals surface area contributed by atoms with Crippen LogP contribution in [0.5, 0.6) is 0 Å². The normalized spacial score (nSPS) is 49.6. The Kier molecular flexibility index (Phi) is 1.69. The molecule has 0 N–H and O–H groups in total. The minimum absolute atomic E-state index is 0.192. The fourth-order valence-electron chi connectivity index (χ4n) is 2.14. The molecule has 0 aromatic heterocycles. The number of hydrogen-bond acceptors (Lipinski definition) is 2. The average molecular weight is 156 g/mol. The van der Waals surface area contributed by atoms with Gasteiger partial charge in [0.15, 0.2) is 5.79 Å². The van der Waals surface area contributed by atoms with E-state index in [4.69, 9.17) is 9.47 Å². The van der Waals surface area contributed by atoms with Crippen LogP contribution in [0.15, 0.2) is 0 Å². The van der Waals surface area contributed by atoms with E-state index in [1.54, 1.807) is 0 Å². The summed E-state index contributed by atoms with van der Waals surface area (Å²) in [5.74, 6) is -0.192. The zero-order valence-electron chi connectivity index (χ0n) is 7.30. The van der Waals surface area contributed by atoms with E-state index in [9.17, 15) is 0 Å². The molecule has 2 rings (SSSR count). The average Bonchev–Trinajstić information content (AvgIpc) is 2.25. The topological polar surface area (TPSA) is 18.5 Å². The number of fused-ring (bicyclic) bond motifs is 2. The van der Waals surface area contributed by atoms with Crippen LogP contribution in [0.2, 0.25) is 0 Å². The molecule has 0 radical (unpaired) electrons. The van der Waals surface area contributed by atoms with Gasteiger partial charge >= 0.3 is 0 Å². The standard InChI is InChI=1S/C9H16O2/c1-3-9-6-4-5-8(11-9)7(2)10-9/h7-8H,3-6H2,1-2H3/t7-,8-,9+/m1/s1. The summed E-state index contributed by atoms with van der Waals surface area (Å²) in [6.45, 7) is 4.26. The van der Waals surface area contributed by atoms with Crippen molar-refractivity contribution < 1.29 is 9.47 Å². The van der Waals surface area contributed by atoms with Crippen LogP contribution >= 0.6 is 0 Å². The van der Waals surface area contributed by atoms with Crippen LogP contribution in [0.3, 0.4) is 0 Å². The molecular formula is C9H16O2. The van der Waals surface area contributed by atoms with Crippen molar-refractivity contribution in [2.45, 2.75) is 57.5 Å². The third-order valence-electron chi connectivity index (χ3n) is 2.88. The third-order valence-corrected chi connectivity index (χ3v) is 2.88. The minimum atomic E-state index is -0.192. The fraction of sp³-hybridized carbons (Fsp3) is 1.00. The molecule has 2 aliphatic heterocycles. The summed E-state index contributed by atoms with van der Waals surface area (Å²) in [5, 5.41) is 0. The predicted molar refractivity (Wildman–Crippen MR) is 42.3 cm³/mol. The third kappa shape index (κ3) is 1.09. The van der Waals surface area contributed by atoms with E-state index in [1.807, 2.05) is 0 Å². The number of rotatable bonds is 1. The molecule has 0 amide bonds. The maximum Gasteiger partial charge on any atom is 0.169 e. The van der Waals surface area contributed by atoms with Crippen molar-refractivity contribution in [1.29, 1.82) is 0 Å². The van der Waals surface area contributed by atoms with Gasteiger partial charge in [0.25, 0.3) is 0 Å². The maximum absolute atomic E-state index is 5.82. The molecule has 3 atom stereocenters. The van der Waals surface area contributed by atoms with Crippen LogP contribution in [0.25, 0.3) is 0 Å². The Bertz CT molecular complexity index is 154. The van der Waals surface area contributed by atoms with E-state index in [0.29, 0.717) is 12.2 Å². The smallest absolute Gasteiger partial charge is 0.169 e. The van der Waals surface area contributed by atoms with Crippen LogP contribution in [0.1, 0.15) is 39.5 Å². The van der Waals surface area contributed by atoms with Gasteiger partial charge < -0.3 is 9.47 Å². The summed E-state index contributed by atoms with van der Waals surface area (Å²) in [7, 11) is 0. The van der Waals surface area contributed by atoms with Gasteiger partial charge in [0, 0.05) is 6.42 Å². The van der Waals surface area contributed by atoms with Gasteiger partial charge in [0.05, 0.1) is 12.2 Å². The first kappa shape index (κ1) is 7.56. The summed E-state index contributed by atoms with van der Waals surface area (Å²) >= 11 is 0. The van der Waals surface area contributed by atoms with Gasteiger partial charge in [0.1, 0.15) is 0 Å². The van der Waals surface area contributed by atoms with Gasteiger partial charge in [-0.05, 0) is 26.2 Å². The second kappa shape index (κ2) is 2.46. The number of ether oxygens (including phenoxy) is 2. The highest BCUT2D eigenvalue weighted by Crippen LogP contribution is 2.41. The lowest BCUT2D eigenvalue weighted by Gasteiger charge is -2.30. The Hall–Kier alpha value is -0.0800. The fourth-order valence-corrected chi connectivity index (χ4v) is 2.14. The molecule has 2 bridgehead atoms. The Morgan fingerprint density at radius 3 is 2.91 bits per heavy atom. The van der Waals surface area contributed by atoms with Gasteiger partial charge in [-0.2, -0.15) is 0 Å². The molecule has 0 saturated carbocycles. The number of hydrogen-bond donors (Lipinski definition) is 0. The molecule has 0 spiro atoms. The van der Waals surface area contributed by atoms with Crippen LogP contribution in [-0.2, 0) is 9.47 Å². The zero-order chi connectivity index (χ0) is 7.90. The lowest BCUT2D eigenvalue weighted by molar-refractivity contribution is -0.193. The first-order valence-corrected chi connectivity index (χ1v) is 4.61. The van der Waals surface area contributed by atoms with Crippen LogP contribution in [-0.4, -0.2) is 18.0 Å². The molecule has 11 heavy (non-hydrogen) atoms. The van der Waals surface area contributed by atoms with Gasteiger partial charge in [-0.25, -0.2) is 0 Å². The highest BCUT2D eigenvalue weighted by molar-refractivity contribution is 4.87. The monoisotopic (exact) mass is 156 g/mol. The van der Waals surface area contributed by atoms with Crippen LogP contribution < -0.4 is 0 Å². The largest absolute Gasteiger partial charge is 0.344 e. The van der Waals surface area contributed by atoms with Crippen molar-refractivity contribution in [1.82, 2.24) is 0 Å². The maximum atomic E-state index is 5.82. The Labute approximate surface area is 67.9 Å². The van der Waals surface area contributed by atoms with E-state index >= 15 is 0 Å². The van der Waals surface area contributed by atoms with E-state index in [-0.39, 0.29) is 5.79 Å². The van der Waals surface area contributed by atoms with Crippen molar-refractivity contribution in [3.8, 4) is 0 Å². The summed E-state index contributed by atoms with van der Waals surface area (Å²) in [6.07, 6.45) is 5.23. The summed E-state index contributed by atoms with van der Waals surface area (Å²) in [5.41, 5.74) is 0. The van der Waals surface area contributed by atoms with Crippen molar-refractivity contribution in [3.05, 3.63) is 0 Å². The molecule has 2 heterocycles. The van der Waals surface area contributed by atoms with E-state index in [0.717, 1.165) is 12.8 Å². The molecule has 2 aliphatic rings. The zero-order valence-corrected chi connectivity index (χ0v) is 7.30. The van der Waals surface area contributed by atoms with E-state index < -0.39 is 0 Å². The summed E-state index contributed by atoms with van der Waals surface area (Å²) in [4.78, 5) is 0. The van der Waals surface area contributed by atoms with Gasteiger partial charge in [-0.15, -0.1) is 0 Å². The van der Waals surface area contributed by atoms with Crippen LogP contribution in [0.4, 0.5) is 0 Å². The molecule has 2 heteroatoms. The minimum Gasteiger partial charge on any atom is -0.344 e. The molecular weight excluding hydrogens is 140 g/mol. The van der Waals surface area contributed by atoms with Crippen LogP contribution in [0, 0.1) is 0 Å². The Morgan fingerprint density at radius 2 is 2.27 bits per heavy atom. The second-order valence-electron chi connectivity index (χ2n) is 3.64. The quantitative estimate of drug-likeness (QED) is 0.578. The van der Waals surface area contributed by atoms with Crippen molar-refractivity contribution in [3.63, 3.8) is 0 Å². The SMILES string of the molecule is CC[C@@]12CCC[C@@H](O1)[C@@H](C)O2. The Balaban J connectivity index is 2.14. The summed E-state index contributed by atoms with van der Waals surface area (Å²) < 4.78 is 11.6. The first-order chi connectivity index (χ1) is 5.26. The van der Waals surface area contributed by atoms with Crippen molar-refractivity contribution in [2.24, 2.45) is 0 Å². The molecule has 2 fully saturated rings. The summed E-state index contributed by atoms with van der Waals surface area (Å²) in [6, 6.07) is 0. The van der Waals surface area contributed by atoms with Gasteiger partial charge in [-0.3, -0.25) is 0 Å². The Morgan fingerprint density at radius 1 is 1.45 bits per heavy atom.